The second kappa shape index (κ2) is 8.13. The molecule has 2 aromatic rings. The average Bonchev–Trinajstić information content (AvgIpc) is 2.45. The van der Waals surface area contributed by atoms with Gasteiger partial charge in [0.2, 0.25) is 0 Å². The molecule has 1 aromatic carbocycles. The molecule has 0 fully saturated rings. The van der Waals surface area contributed by atoms with Gasteiger partial charge in [0, 0.05) is 29.2 Å². The molecule has 0 bridgehead atoms. The number of halogens is 1. The molecule has 0 spiro atoms. The molecule has 21 heavy (non-hydrogen) atoms. The van der Waals surface area contributed by atoms with Crippen LogP contribution in [-0.4, -0.2) is 16.5 Å². The summed E-state index contributed by atoms with van der Waals surface area (Å²) in [7, 11) is 0. The van der Waals surface area contributed by atoms with Gasteiger partial charge >= 0.3 is 0 Å². The molecule has 0 aliphatic carbocycles. The third kappa shape index (κ3) is 5.12. The number of nitrogens with one attached hydrogen (secondary N) is 1. The van der Waals surface area contributed by atoms with Crippen molar-refractivity contribution >= 4 is 21.7 Å². The first-order valence-corrected chi connectivity index (χ1v) is 8.35. The Kier molecular flexibility index (Phi) is 6.18. The average molecular weight is 348 g/mol. The summed E-state index contributed by atoms with van der Waals surface area (Å²) in [6.07, 6.45) is 3.95. The monoisotopic (exact) mass is 347 g/mol. The Morgan fingerprint density at radius 2 is 1.95 bits per heavy atom. The van der Waals surface area contributed by atoms with E-state index >= 15 is 0 Å². The van der Waals surface area contributed by atoms with Gasteiger partial charge in [-0.25, -0.2) is 9.97 Å². The van der Waals surface area contributed by atoms with Crippen LogP contribution in [0.3, 0.4) is 0 Å². The van der Waals surface area contributed by atoms with Crippen LogP contribution in [0.4, 0.5) is 5.82 Å². The molecule has 0 aliphatic heterocycles. The van der Waals surface area contributed by atoms with E-state index in [9.17, 15) is 0 Å². The predicted octanol–water partition coefficient (Wildman–Crippen LogP) is 4.60. The molecule has 1 N–H and O–H groups in total. The van der Waals surface area contributed by atoms with Gasteiger partial charge in [0.1, 0.15) is 11.6 Å². The maximum absolute atomic E-state index is 4.69. The van der Waals surface area contributed by atoms with Gasteiger partial charge in [0.25, 0.3) is 0 Å². The van der Waals surface area contributed by atoms with E-state index in [4.69, 9.17) is 0 Å². The van der Waals surface area contributed by atoms with Crippen LogP contribution in [0, 0.1) is 0 Å². The molecule has 1 heterocycles. The van der Waals surface area contributed by atoms with Crippen LogP contribution in [0.2, 0.25) is 0 Å². The van der Waals surface area contributed by atoms with Crippen molar-refractivity contribution < 1.29 is 0 Å². The zero-order chi connectivity index (χ0) is 15.1. The summed E-state index contributed by atoms with van der Waals surface area (Å²) in [6, 6.07) is 10.4. The van der Waals surface area contributed by atoms with Gasteiger partial charge in [-0.15, -0.1) is 0 Å². The first kappa shape index (κ1) is 16.0. The molecule has 3 nitrogen and oxygen atoms in total. The number of benzene rings is 1. The lowest BCUT2D eigenvalue weighted by molar-refractivity contribution is 0.838. The number of aromatic nitrogens is 2. The lowest BCUT2D eigenvalue weighted by Gasteiger charge is -2.09. The van der Waals surface area contributed by atoms with Crippen LogP contribution >= 0.6 is 15.9 Å². The Morgan fingerprint density at radius 1 is 1.10 bits per heavy atom. The summed E-state index contributed by atoms with van der Waals surface area (Å²) in [4.78, 5) is 9.33. The maximum Gasteiger partial charge on any atom is 0.135 e. The van der Waals surface area contributed by atoms with E-state index in [0.29, 0.717) is 0 Å². The Morgan fingerprint density at radius 3 is 2.67 bits per heavy atom. The first-order valence-electron chi connectivity index (χ1n) is 7.56. The van der Waals surface area contributed by atoms with Crippen molar-refractivity contribution in [1.82, 2.24) is 9.97 Å². The quantitative estimate of drug-likeness (QED) is 0.794. The topological polar surface area (TPSA) is 37.8 Å². The highest BCUT2D eigenvalue weighted by Gasteiger charge is 2.06. The molecule has 0 saturated heterocycles. The Hall–Kier alpha value is -1.42. The summed E-state index contributed by atoms with van der Waals surface area (Å²) in [5.74, 6) is 1.83. The number of hydrogen-bond acceptors (Lipinski definition) is 3. The SMILES string of the molecule is CCCNc1cc(CCC)nc(Cc2cccc(Br)c2)n1. The van der Waals surface area contributed by atoms with Crippen molar-refractivity contribution in [2.24, 2.45) is 0 Å². The molecule has 4 heteroatoms. The molecular weight excluding hydrogens is 326 g/mol. The summed E-state index contributed by atoms with van der Waals surface area (Å²) < 4.78 is 1.09. The second-order valence-electron chi connectivity index (χ2n) is 5.14. The largest absolute Gasteiger partial charge is 0.370 e. The number of aryl methyl sites for hydroxylation is 1. The van der Waals surface area contributed by atoms with Crippen LogP contribution < -0.4 is 5.32 Å². The number of nitrogens with zero attached hydrogens (tertiary/aromatic N) is 2. The van der Waals surface area contributed by atoms with Gasteiger partial charge in [-0.1, -0.05) is 48.3 Å². The van der Waals surface area contributed by atoms with E-state index in [1.165, 1.54) is 5.56 Å². The van der Waals surface area contributed by atoms with E-state index in [2.05, 4.69) is 63.3 Å². The highest BCUT2D eigenvalue weighted by atomic mass is 79.9. The van der Waals surface area contributed by atoms with Crippen molar-refractivity contribution in [3.63, 3.8) is 0 Å². The highest BCUT2D eigenvalue weighted by molar-refractivity contribution is 9.10. The third-order valence-electron chi connectivity index (χ3n) is 3.14. The van der Waals surface area contributed by atoms with Gasteiger partial charge in [0.05, 0.1) is 0 Å². The van der Waals surface area contributed by atoms with Crippen molar-refractivity contribution in [2.45, 2.75) is 39.5 Å². The number of anilines is 1. The van der Waals surface area contributed by atoms with Gasteiger partial charge in [-0.05, 0) is 30.5 Å². The van der Waals surface area contributed by atoms with Crippen LogP contribution in [0.5, 0.6) is 0 Å². The van der Waals surface area contributed by atoms with E-state index in [-0.39, 0.29) is 0 Å². The molecule has 112 valence electrons. The maximum atomic E-state index is 4.69. The second-order valence-corrected chi connectivity index (χ2v) is 6.06. The molecular formula is C17H22BrN3. The lowest BCUT2D eigenvalue weighted by Crippen LogP contribution is -2.08. The van der Waals surface area contributed by atoms with E-state index in [1.807, 2.05) is 12.1 Å². The Balaban J connectivity index is 2.22. The molecule has 2 rings (SSSR count). The van der Waals surface area contributed by atoms with Crippen molar-refractivity contribution in [3.8, 4) is 0 Å². The van der Waals surface area contributed by atoms with Gasteiger partial charge in [-0.2, -0.15) is 0 Å². The summed E-state index contributed by atoms with van der Waals surface area (Å²) in [5, 5.41) is 3.37. The van der Waals surface area contributed by atoms with Gasteiger partial charge in [-0.3, -0.25) is 0 Å². The summed E-state index contributed by atoms with van der Waals surface area (Å²) in [6.45, 7) is 5.28. The van der Waals surface area contributed by atoms with Crippen molar-refractivity contribution in [1.29, 1.82) is 0 Å². The minimum absolute atomic E-state index is 0.762. The normalized spacial score (nSPS) is 10.6. The van der Waals surface area contributed by atoms with E-state index in [1.54, 1.807) is 0 Å². The van der Waals surface area contributed by atoms with Crippen molar-refractivity contribution in [2.75, 3.05) is 11.9 Å². The zero-order valence-corrected chi connectivity index (χ0v) is 14.3. The van der Waals surface area contributed by atoms with Gasteiger partial charge < -0.3 is 5.32 Å². The first-order chi connectivity index (χ1) is 10.2. The van der Waals surface area contributed by atoms with E-state index in [0.717, 1.165) is 54.0 Å². The molecule has 0 radical (unpaired) electrons. The van der Waals surface area contributed by atoms with E-state index < -0.39 is 0 Å². The van der Waals surface area contributed by atoms with Crippen LogP contribution in [-0.2, 0) is 12.8 Å². The summed E-state index contributed by atoms with van der Waals surface area (Å²) in [5.41, 5.74) is 2.34. The van der Waals surface area contributed by atoms with Crippen molar-refractivity contribution in [3.05, 3.63) is 51.9 Å². The predicted molar refractivity (Wildman–Crippen MR) is 91.8 cm³/mol. The summed E-state index contributed by atoms with van der Waals surface area (Å²) >= 11 is 3.51. The fourth-order valence-corrected chi connectivity index (χ4v) is 2.64. The van der Waals surface area contributed by atoms with Crippen LogP contribution in [0.1, 0.15) is 43.8 Å². The minimum atomic E-state index is 0.762. The molecule has 0 atom stereocenters. The molecule has 1 aromatic heterocycles. The fourth-order valence-electron chi connectivity index (χ4n) is 2.19. The molecule has 0 saturated carbocycles. The Labute approximate surface area is 135 Å². The number of rotatable bonds is 7. The molecule has 0 unspecified atom stereocenters. The van der Waals surface area contributed by atoms with Crippen LogP contribution in [0.15, 0.2) is 34.8 Å². The minimum Gasteiger partial charge on any atom is -0.370 e. The fraction of sp³-hybridized carbons (Fsp3) is 0.412. The zero-order valence-electron chi connectivity index (χ0n) is 12.7. The van der Waals surface area contributed by atoms with Gasteiger partial charge in [0.15, 0.2) is 0 Å². The molecule has 0 aliphatic rings. The standard InChI is InChI=1S/C17H22BrN3/c1-3-6-15-12-16(19-9-4-2)21-17(20-15)11-13-7-5-8-14(18)10-13/h5,7-8,10,12H,3-4,6,9,11H2,1-2H3,(H,19,20,21). The van der Waals surface area contributed by atoms with Crippen LogP contribution in [0.25, 0.3) is 0 Å². The molecule has 0 amide bonds. The lowest BCUT2D eigenvalue weighted by atomic mass is 10.1. The number of hydrogen-bond donors (Lipinski definition) is 1. The highest BCUT2D eigenvalue weighted by Crippen LogP contribution is 2.16. The Bertz CT molecular complexity index is 584. The smallest absolute Gasteiger partial charge is 0.135 e. The third-order valence-corrected chi connectivity index (χ3v) is 3.63.